The van der Waals surface area contributed by atoms with Crippen LogP contribution in [0.15, 0.2) is 24.3 Å². The largest absolute Gasteiger partial charge is 0.480 e. The number of nitrogens with zero attached hydrogens (tertiary/aromatic N) is 3. The van der Waals surface area contributed by atoms with Crippen molar-refractivity contribution >= 4 is 23.3 Å². The number of carbonyl (C=O) groups excluding carboxylic acids is 1. The topological polar surface area (TPSA) is 116 Å². The van der Waals surface area contributed by atoms with Crippen LogP contribution in [0.4, 0.5) is 11.4 Å². The molecule has 0 atom stereocenters. The van der Waals surface area contributed by atoms with Gasteiger partial charge in [0, 0.05) is 32.2 Å². The second kappa shape index (κ2) is 7.54. The average molecular weight is 322 g/mol. The number of carbonyl (C=O) groups is 2. The summed E-state index contributed by atoms with van der Waals surface area (Å²) in [5.74, 6) is -1.42. The number of anilines is 1. The average Bonchev–Trinajstić information content (AvgIpc) is 2.53. The molecule has 0 spiro atoms. The number of nitro groups is 1. The minimum Gasteiger partial charge on any atom is -0.480 e. The molecule has 1 heterocycles. The third kappa shape index (κ3) is 4.65. The minimum atomic E-state index is -1.08. The molecule has 1 aliphatic heterocycles. The Labute approximate surface area is 132 Å². The zero-order valence-electron chi connectivity index (χ0n) is 12.5. The molecule has 0 saturated carbocycles. The van der Waals surface area contributed by atoms with Gasteiger partial charge in [-0.1, -0.05) is 12.1 Å². The van der Waals surface area contributed by atoms with Crippen LogP contribution in [0.2, 0.25) is 0 Å². The van der Waals surface area contributed by atoms with Crippen molar-refractivity contribution in [2.24, 2.45) is 0 Å². The number of hydrogen-bond acceptors (Lipinski definition) is 6. The van der Waals surface area contributed by atoms with Crippen molar-refractivity contribution in [3.8, 4) is 0 Å². The van der Waals surface area contributed by atoms with Crippen molar-refractivity contribution < 1.29 is 19.6 Å². The highest BCUT2D eigenvalue weighted by Crippen LogP contribution is 2.28. The van der Waals surface area contributed by atoms with Gasteiger partial charge in [0.1, 0.15) is 12.2 Å². The molecule has 2 rings (SSSR count). The lowest BCUT2D eigenvalue weighted by molar-refractivity contribution is -0.384. The lowest BCUT2D eigenvalue weighted by Gasteiger charge is -2.35. The highest BCUT2D eigenvalue weighted by molar-refractivity contribution is 5.82. The van der Waals surface area contributed by atoms with E-state index in [1.807, 2.05) is 9.80 Å². The molecule has 9 heteroatoms. The highest BCUT2D eigenvalue weighted by atomic mass is 16.6. The Kier molecular flexibility index (Phi) is 5.47. The number of rotatable bonds is 6. The molecule has 1 amide bonds. The van der Waals surface area contributed by atoms with E-state index in [4.69, 9.17) is 5.11 Å². The van der Waals surface area contributed by atoms with Gasteiger partial charge in [-0.25, -0.2) is 0 Å². The standard InChI is InChI=1S/C14H18N4O5/c19-13(15-9-14(20)21)10-16-5-7-17(8-6-16)11-3-1-2-4-12(11)18(22)23/h1-4H,5-10H2,(H,15,19)(H,20,21). The van der Waals surface area contributed by atoms with Crippen LogP contribution in [0, 0.1) is 10.1 Å². The molecule has 2 N–H and O–H groups in total. The van der Waals surface area contributed by atoms with Crippen LogP contribution in [-0.4, -0.2) is 66.1 Å². The molecule has 124 valence electrons. The number of carboxylic acid groups (broad SMARTS) is 1. The number of aliphatic carboxylic acids is 1. The summed E-state index contributed by atoms with van der Waals surface area (Å²) < 4.78 is 0. The predicted octanol–water partition coefficient (Wildman–Crippen LogP) is -0.0824. The Morgan fingerprint density at radius 3 is 2.48 bits per heavy atom. The minimum absolute atomic E-state index is 0.0696. The summed E-state index contributed by atoms with van der Waals surface area (Å²) in [6.45, 7) is 2.01. The molecule has 1 fully saturated rings. The van der Waals surface area contributed by atoms with E-state index in [1.54, 1.807) is 18.2 Å². The van der Waals surface area contributed by atoms with E-state index in [-0.39, 0.29) is 18.1 Å². The van der Waals surface area contributed by atoms with Gasteiger partial charge in [-0.2, -0.15) is 0 Å². The van der Waals surface area contributed by atoms with Gasteiger partial charge in [-0.3, -0.25) is 24.6 Å². The van der Waals surface area contributed by atoms with E-state index in [1.165, 1.54) is 6.07 Å². The second-order valence-electron chi connectivity index (χ2n) is 5.18. The van der Waals surface area contributed by atoms with Crippen LogP contribution in [-0.2, 0) is 9.59 Å². The van der Waals surface area contributed by atoms with Gasteiger partial charge in [0.15, 0.2) is 0 Å². The number of amides is 1. The fraction of sp³-hybridized carbons (Fsp3) is 0.429. The van der Waals surface area contributed by atoms with Gasteiger partial charge in [0.05, 0.1) is 11.5 Å². The maximum atomic E-state index is 11.6. The monoisotopic (exact) mass is 322 g/mol. The summed E-state index contributed by atoms with van der Waals surface area (Å²) in [5.41, 5.74) is 0.646. The first-order valence-corrected chi connectivity index (χ1v) is 7.16. The molecule has 0 bridgehead atoms. The van der Waals surface area contributed by atoms with Gasteiger partial charge in [0.25, 0.3) is 5.69 Å². The van der Waals surface area contributed by atoms with E-state index in [2.05, 4.69) is 5.32 Å². The molecule has 0 aromatic heterocycles. The first-order chi connectivity index (χ1) is 11.0. The summed E-state index contributed by atoms with van der Waals surface area (Å²) in [7, 11) is 0. The van der Waals surface area contributed by atoms with Crippen LogP contribution < -0.4 is 10.2 Å². The molecule has 0 aliphatic carbocycles. The fourth-order valence-corrected chi connectivity index (χ4v) is 2.47. The third-order valence-electron chi connectivity index (χ3n) is 3.60. The van der Waals surface area contributed by atoms with Crippen molar-refractivity contribution in [2.75, 3.05) is 44.2 Å². The second-order valence-corrected chi connectivity index (χ2v) is 5.18. The zero-order valence-corrected chi connectivity index (χ0v) is 12.5. The van der Waals surface area contributed by atoms with Crippen molar-refractivity contribution in [3.63, 3.8) is 0 Å². The van der Waals surface area contributed by atoms with Crippen LogP contribution in [0.3, 0.4) is 0 Å². The summed E-state index contributed by atoms with van der Waals surface area (Å²) >= 11 is 0. The first kappa shape index (κ1) is 16.7. The highest BCUT2D eigenvalue weighted by Gasteiger charge is 2.24. The number of nitro benzene ring substituents is 1. The van der Waals surface area contributed by atoms with E-state index in [0.29, 0.717) is 31.9 Å². The molecule has 1 aromatic rings. The Bertz CT molecular complexity index is 599. The first-order valence-electron chi connectivity index (χ1n) is 7.16. The van der Waals surface area contributed by atoms with Crippen molar-refractivity contribution in [1.29, 1.82) is 0 Å². The van der Waals surface area contributed by atoms with Crippen molar-refractivity contribution in [1.82, 2.24) is 10.2 Å². The Morgan fingerprint density at radius 2 is 1.87 bits per heavy atom. The molecule has 0 unspecified atom stereocenters. The maximum absolute atomic E-state index is 11.6. The Balaban J connectivity index is 1.88. The molecular weight excluding hydrogens is 304 g/mol. The molecule has 1 aromatic carbocycles. The summed E-state index contributed by atoms with van der Waals surface area (Å²) in [6.07, 6.45) is 0. The lowest BCUT2D eigenvalue weighted by Crippen LogP contribution is -2.50. The third-order valence-corrected chi connectivity index (χ3v) is 3.60. The van der Waals surface area contributed by atoms with Crippen molar-refractivity contribution in [3.05, 3.63) is 34.4 Å². The van der Waals surface area contributed by atoms with E-state index in [0.717, 1.165) is 0 Å². The predicted molar refractivity (Wildman–Crippen MR) is 82.4 cm³/mol. The maximum Gasteiger partial charge on any atom is 0.322 e. The van der Waals surface area contributed by atoms with Crippen LogP contribution in [0.1, 0.15) is 0 Å². The van der Waals surface area contributed by atoms with Gasteiger partial charge in [-0.05, 0) is 6.07 Å². The van der Waals surface area contributed by atoms with Crippen LogP contribution in [0.25, 0.3) is 0 Å². The normalized spacial score (nSPS) is 15.2. The number of piperazine rings is 1. The van der Waals surface area contributed by atoms with Gasteiger partial charge in [-0.15, -0.1) is 0 Å². The van der Waals surface area contributed by atoms with Crippen molar-refractivity contribution in [2.45, 2.75) is 0 Å². The molecule has 23 heavy (non-hydrogen) atoms. The molecule has 9 nitrogen and oxygen atoms in total. The number of hydrogen-bond donors (Lipinski definition) is 2. The van der Waals surface area contributed by atoms with E-state index in [9.17, 15) is 19.7 Å². The number of carboxylic acids is 1. The lowest BCUT2D eigenvalue weighted by atomic mass is 10.2. The van der Waals surface area contributed by atoms with E-state index < -0.39 is 17.4 Å². The van der Waals surface area contributed by atoms with Crippen LogP contribution >= 0.6 is 0 Å². The quantitative estimate of drug-likeness (QED) is 0.555. The summed E-state index contributed by atoms with van der Waals surface area (Å²) in [6, 6.07) is 6.58. The zero-order chi connectivity index (χ0) is 16.8. The SMILES string of the molecule is O=C(O)CNC(=O)CN1CCN(c2ccccc2[N+](=O)[O-])CC1. The summed E-state index contributed by atoms with van der Waals surface area (Å²) in [4.78, 5) is 36.5. The van der Waals surface area contributed by atoms with E-state index >= 15 is 0 Å². The molecular formula is C14H18N4O5. The smallest absolute Gasteiger partial charge is 0.322 e. The number of benzene rings is 1. The molecule has 0 radical (unpaired) electrons. The van der Waals surface area contributed by atoms with Crippen LogP contribution in [0.5, 0.6) is 0 Å². The molecule has 1 saturated heterocycles. The number of para-hydroxylation sites is 2. The number of nitrogens with one attached hydrogen (secondary N) is 1. The molecule has 1 aliphatic rings. The Hall–Kier alpha value is -2.68. The van der Waals surface area contributed by atoms with Gasteiger partial charge >= 0.3 is 5.97 Å². The fourth-order valence-electron chi connectivity index (χ4n) is 2.47. The van der Waals surface area contributed by atoms with Gasteiger partial charge in [0.2, 0.25) is 5.91 Å². The summed E-state index contributed by atoms with van der Waals surface area (Å²) in [5, 5.41) is 21.9. The Morgan fingerprint density at radius 1 is 1.22 bits per heavy atom. The van der Waals surface area contributed by atoms with Gasteiger partial charge < -0.3 is 15.3 Å².